The summed E-state index contributed by atoms with van der Waals surface area (Å²) in [6, 6.07) is 15.5. The van der Waals surface area contributed by atoms with Gasteiger partial charge in [-0.3, -0.25) is 4.79 Å². The van der Waals surface area contributed by atoms with E-state index in [2.05, 4.69) is 52.2 Å². The Bertz CT molecular complexity index is 939. The maximum atomic E-state index is 12.7. The summed E-state index contributed by atoms with van der Waals surface area (Å²) in [6.45, 7) is 13.7. The molecule has 2 aromatic carbocycles. The van der Waals surface area contributed by atoms with Crippen LogP contribution in [0.25, 0.3) is 0 Å². The van der Waals surface area contributed by atoms with Crippen LogP contribution in [0.2, 0.25) is 18.1 Å². The van der Waals surface area contributed by atoms with E-state index < -0.39 is 14.4 Å². The van der Waals surface area contributed by atoms with Crippen molar-refractivity contribution in [1.82, 2.24) is 5.32 Å². The normalized spacial score (nSPS) is 11.7. The molecule has 0 atom stereocenters. The first-order valence-corrected chi connectivity index (χ1v) is 14.3. The number of carbonyl (C=O) groups excluding carboxylic acids is 2. The first kappa shape index (κ1) is 26.6. The zero-order valence-corrected chi connectivity index (χ0v) is 22.0. The molecule has 0 aliphatic carbocycles. The number of ether oxygens (including phenoxy) is 1. The maximum absolute atomic E-state index is 12.7. The molecule has 6 nitrogen and oxygen atoms in total. The molecular formula is C26H38N2O4Si. The number of rotatable bonds is 9. The summed E-state index contributed by atoms with van der Waals surface area (Å²) in [5.41, 5.74) is 3.85. The molecule has 0 saturated carbocycles. The Morgan fingerprint density at radius 3 is 2.21 bits per heavy atom. The lowest BCUT2D eigenvalue weighted by Gasteiger charge is -2.36. The van der Waals surface area contributed by atoms with E-state index in [4.69, 9.17) is 9.16 Å². The average molecular weight is 471 g/mol. The molecule has 0 fully saturated rings. The van der Waals surface area contributed by atoms with Crippen LogP contribution < -0.4 is 10.2 Å². The summed E-state index contributed by atoms with van der Waals surface area (Å²) in [6.07, 6.45) is 0.235. The first-order chi connectivity index (χ1) is 15.4. The second-order valence-corrected chi connectivity index (χ2v) is 14.6. The summed E-state index contributed by atoms with van der Waals surface area (Å²) >= 11 is 0. The van der Waals surface area contributed by atoms with Gasteiger partial charge in [0, 0.05) is 12.7 Å². The fourth-order valence-corrected chi connectivity index (χ4v) is 3.85. The van der Waals surface area contributed by atoms with Gasteiger partial charge in [0.2, 0.25) is 5.91 Å². The minimum atomic E-state index is -1.88. The summed E-state index contributed by atoms with van der Waals surface area (Å²) in [7, 11) is -0.167. The lowest BCUT2D eigenvalue weighted by molar-refractivity contribution is -0.117. The number of hydrogen-bond acceptors (Lipinski definition) is 4. The number of nitrogens with one attached hydrogen (secondary N) is 1. The Labute approximate surface area is 199 Å². The van der Waals surface area contributed by atoms with E-state index in [1.165, 1.54) is 0 Å². The zero-order valence-electron chi connectivity index (χ0n) is 21.0. The lowest BCUT2D eigenvalue weighted by atomic mass is 10.1. The van der Waals surface area contributed by atoms with Crippen LogP contribution in [-0.4, -0.2) is 33.9 Å². The molecule has 0 bridgehead atoms. The molecule has 2 rings (SSSR count). The summed E-state index contributed by atoms with van der Waals surface area (Å²) in [4.78, 5) is 26.3. The molecule has 0 unspecified atom stereocenters. The SMILES string of the molecule is CCc1cc(CO[Si](C)(C)C(C)(C)C)cc(N(C)C(=O)CNC(=O)OCc2ccccc2)c1. The van der Waals surface area contributed by atoms with Crippen LogP contribution in [0.15, 0.2) is 48.5 Å². The minimum absolute atomic E-state index is 0.131. The Kier molecular flexibility index (Phi) is 9.25. The van der Waals surface area contributed by atoms with Crippen molar-refractivity contribution in [3.8, 4) is 0 Å². The van der Waals surface area contributed by atoms with Crippen molar-refractivity contribution in [2.75, 3.05) is 18.5 Å². The molecule has 0 saturated heterocycles. The summed E-state index contributed by atoms with van der Waals surface area (Å²) in [5.74, 6) is -0.226. The third-order valence-electron chi connectivity index (χ3n) is 6.21. The summed E-state index contributed by atoms with van der Waals surface area (Å²) < 4.78 is 11.6. The van der Waals surface area contributed by atoms with Crippen molar-refractivity contribution in [1.29, 1.82) is 0 Å². The van der Waals surface area contributed by atoms with Crippen LogP contribution in [0, 0.1) is 0 Å². The van der Waals surface area contributed by atoms with Gasteiger partial charge < -0.3 is 19.4 Å². The zero-order chi connectivity index (χ0) is 24.6. The minimum Gasteiger partial charge on any atom is -0.445 e. The van der Waals surface area contributed by atoms with Crippen molar-refractivity contribution in [2.45, 2.75) is 65.5 Å². The Morgan fingerprint density at radius 1 is 0.970 bits per heavy atom. The molecule has 0 spiro atoms. The Hall–Kier alpha value is -2.64. The molecule has 2 aromatic rings. The van der Waals surface area contributed by atoms with E-state index in [9.17, 15) is 9.59 Å². The molecule has 0 aromatic heterocycles. The van der Waals surface area contributed by atoms with Gasteiger partial charge >= 0.3 is 6.09 Å². The van der Waals surface area contributed by atoms with Crippen LogP contribution in [0.1, 0.15) is 44.4 Å². The smallest absolute Gasteiger partial charge is 0.407 e. The second-order valence-electron chi connectivity index (χ2n) is 9.78. The van der Waals surface area contributed by atoms with Gasteiger partial charge in [0.25, 0.3) is 0 Å². The molecule has 0 aliphatic heterocycles. The van der Waals surface area contributed by atoms with Crippen LogP contribution in [-0.2, 0) is 33.6 Å². The van der Waals surface area contributed by atoms with Gasteiger partial charge in [-0.05, 0) is 53.4 Å². The van der Waals surface area contributed by atoms with Gasteiger partial charge in [-0.25, -0.2) is 4.79 Å². The first-order valence-electron chi connectivity index (χ1n) is 11.4. The van der Waals surface area contributed by atoms with Gasteiger partial charge in [0.15, 0.2) is 8.32 Å². The van der Waals surface area contributed by atoms with Gasteiger partial charge in [-0.1, -0.05) is 64.1 Å². The predicted octanol–water partition coefficient (Wildman–Crippen LogP) is 5.66. The van der Waals surface area contributed by atoms with Crippen LogP contribution in [0.3, 0.4) is 0 Å². The largest absolute Gasteiger partial charge is 0.445 e. The molecular weight excluding hydrogens is 432 g/mol. The number of likely N-dealkylation sites (N-methyl/N-ethyl adjacent to an activating group) is 1. The van der Waals surface area contributed by atoms with Crippen molar-refractivity contribution >= 4 is 26.0 Å². The number of nitrogens with zero attached hydrogens (tertiary/aromatic N) is 1. The fraction of sp³-hybridized carbons (Fsp3) is 0.462. The van der Waals surface area contributed by atoms with Crippen molar-refractivity contribution in [3.63, 3.8) is 0 Å². The van der Waals surface area contributed by atoms with E-state index in [-0.39, 0.29) is 24.1 Å². The molecule has 0 heterocycles. The van der Waals surface area contributed by atoms with Gasteiger partial charge in [0.05, 0.1) is 6.61 Å². The third kappa shape index (κ3) is 8.01. The molecule has 33 heavy (non-hydrogen) atoms. The monoisotopic (exact) mass is 470 g/mol. The fourth-order valence-electron chi connectivity index (χ4n) is 2.89. The Balaban J connectivity index is 1.97. The number of carbonyl (C=O) groups is 2. The lowest BCUT2D eigenvalue weighted by Crippen LogP contribution is -2.40. The van der Waals surface area contributed by atoms with Gasteiger partial charge in [0.1, 0.15) is 13.2 Å². The number of hydrogen-bond donors (Lipinski definition) is 1. The predicted molar refractivity (Wildman–Crippen MR) is 136 cm³/mol. The van der Waals surface area contributed by atoms with Gasteiger partial charge in [-0.15, -0.1) is 0 Å². The molecule has 180 valence electrons. The topological polar surface area (TPSA) is 67.9 Å². The van der Waals surface area contributed by atoms with E-state index in [1.54, 1.807) is 11.9 Å². The van der Waals surface area contributed by atoms with Crippen molar-refractivity contribution in [2.24, 2.45) is 0 Å². The van der Waals surface area contributed by atoms with E-state index in [0.717, 1.165) is 28.8 Å². The molecule has 0 aliphatic rings. The highest BCUT2D eigenvalue weighted by atomic mass is 28.4. The van der Waals surface area contributed by atoms with E-state index in [0.29, 0.717) is 6.61 Å². The number of anilines is 1. The van der Waals surface area contributed by atoms with E-state index >= 15 is 0 Å². The number of benzene rings is 2. The number of amides is 2. The van der Waals surface area contributed by atoms with E-state index in [1.807, 2.05) is 42.5 Å². The third-order valence-corrected chi connectivity index (χ3v) is 10.7. The highest BCUT2D eigenvalue weighted by Crippen LogP contribution is 2.37. The van der Waals surface area contributed by atoms with Crippen LogP contribution in [0.5, 0.6) is 0 Å². The molecule has 0 radical (unpaired) electrons. The Morgan fingerprint density at radius 2 is 1.61 bits per heavy atom. The van der Waals surface area contributed by atoms with Crippen molar-refractivity contribution < 1.29 is 18.8 Å². The molecule has 1 N–H and O–H groups in total. The van der Waals surface area contributed by atoms with Crippen molar-refractivity contribution in [3.05, 3.63) is 65.2 Å². The number of alkyl carbamates (subject to hydrolysis) is 1. The number of aryl methyl sites for hydroxylation is 1. The summed E-state index contributed by atoms with van der Waals surface area (Å²) in [5, 5.41) is 2.67. The standard InChI is InChI=1S/C26H38N2O4Si/c1-8-20-14-22(19-32-33(6,7)26(2,3)4)16-23(15-20)28(5)24(29)17-27-25(30)31-18-21-12-10-9-11-13-21/h9-16H,8,17-19H2,1-7H3,(H,27,30). The highest BCUT2D eigenvalue weighted by Gasteiger charge is 2.37. The molecule has 7 heteroatoms. The van der Waals surface area contributed by atoms with Crippen LogP contribution >= 0.6 is 0 Å². The molecule has 2 amide bonds. The van der Waals surface area contributed by atoms with Crippen LogP contribution in [0.4, 0.5) is 10.5 Å². The highest BCUT2D eigenvalue weighted by molar-refractivity contribution is 6.74. The quantitative estimate of drug-likeness (QED) is 0.480. The maximum Gasteiger partial charge on any atom is 0.407 e. The second kappa shape index (κ2) is 11.5. The average Bonchev–Trinajstić information content (AvgIpc) is 2.79. The van der Waals surface area contributed by atoms with Gasteiger partial charge in [-0.2, -0.15) is 0 Å².